The van der Waals surface area contributed by atoms with E-state index in [1.165, 1.54) is 24.1 Å². The highest BCUT2D eigenvalue weighted by Gasteiger charge is 2.23. The Morgan fingerprint density at radius 1 is 1.04 bits per heavy atom. The first-order chi connectivity index (χ1) is 13.4. The lowest BCUT2D eigenvalue weighted by Crippen LogP contribution is -2.31. The van der Waals surface area contributed by atoms with Gasteiger partial charge in [0.05, 0.1) is 0 Å². The van der Waals surface area contributed by atoms with E-state index in [4.69, 9.17) is 4.74 Å². The second kappa shape index (κ2) is 8.65. The van der Waals surface area contributed by atoms with Crippen LogP contribution < -0.4 is 5.32 Å². The highest BCUT2D eigenvalue weighted by atomic mass is 16.5. The average Bonchev–Trinajstić information content (AvgIpc) is 3.15. The number of Topliss-reactive ketones (excluding diaryl/α,β-unsaturated/α-hetero) is 1. The molecule has 0 saturated heterocycles. The van der Waals surface area contributed by atoms with E-state index in [9.17, 15) is 14.4 Å². The first-order valence-electron chi connectivity index (χ1n) is 9.35. The molecule has 5 nitrogen and oxygen atoms in total. The topological polar surface area (TPSA) is 72.5 Å². The summed E-state index contributed by atoms with van der Waals surface area (Å²) in [5, 5.41) is 2.48. The molecule has 1 amide bonds. The number of carbonyl (C=O) groups excluding carboxylic acids is 3. The van der Waals surface area contributed by atoms with E-state index in [2.05, 4.69) is 5.32 Å². The molecule has 3 rings (SSSR count). The highest BCUT2D eigenvalue weighted by molar-refractivity contribution is 6.03. The van der Waals surface area contributed by atoms with E-state index >= 15 is 0 Å². The number of carbonyl (C=O) groups is 3. The third-order valence-electron chi connectivity index (χ3n) is 4.68. The van der Waals surface area contributed by atoms with Gasteiger partial charge >= 0.3 is 5.97 Å². The van der Waals surface area contributed by atoms with Crippen molar-refractivity contribution in [3.8, 4) is 0 Å². The van der Waals surface area contributed by atoms with Gasteiger partial charge in [-0.3, -0.25) is 9.59 Å². The Morgan fingerprint density at radius 2 is 1.75 bits per heavy atom. The van der Waals surface area contributed by atoms with Crippen LogP contribution in [0.15, 0.2) is 54.2 Å². The number of hydrogen-bond donors (Lipinski definition) is 1. The van der Waals surface area contributed by atoms with E-state index in [-0.39, 0.29) is 11.5 Å². The predicted octanol–water partition coefficient (Wildman–Crippen LogP) is 3.47. The van der Waals surface area contributed by atoms with Gasteiger partial charge in [-0.05, 0) is 55.0 Å². The molecule has 0 bridgehead atoms. The van der Waals surface area contributed by atoms with Crippen LogP contribution in [0.3, 0.4) is 0 Å². The molecule has 2 aromatic carbocycles. The molecular formula is C23H23NO4. The molecule has 1 atom stereocenters. The smallest absolute Gasteiger partial charge is 0.355 e. The van der Waals surface area contributed by atoms with E-state index in [1.807, 2.05) is 30.3 Å². The molecule has 28 heavy (non-hydrogen) atoms. The molecule has 1 aliphatic carbocycles. The summed E-state index contributed by atoms with van der Waals surface area (Å²) in [6.45, 7) is 2.85. The summed E-state index contributed by atoms with van der Waals surface area (Å²) in [5.41, 5.74) is 3.73. The first-order valence-corrected chi connectivity index (χ1v) is 9.35. The van der Waals surface area contributed by atoms with Gasteiger partial charge in [0, 0.05) is 12.5 Å². The third kappa shape index (κ3) is 4.74. The van der Waals surface area contributed by atoms with Gasteiger partial charge in [-0.1, -0.05) is 42.5 Å². The zero-order chi connectivity index (χ0) is 20.1. The van der Waals surface area contributed by atoms with Gasteiger partial charge in [0.15, 0.2) is 6.10 Å². The minimum Gasteiger partial charge on any atom is -0.450 e. The SMILES string of the molecule is CC(=O)N/C(=C\c1ccccc1)C(=O)O[C@@H](C)C(=O)c1ccc2c(c1)CCC2. The van der Waals surface area contributed by atoms with Crippen molar-refractivity contribution in [3.05, 3.63) is 76.5 Å². The van der Waals surface area contributed by atoms with E-state index < -0.39 is 18.0 Å². The van der Waals surface area contributed by atoms with Crippen molar-refractivity contribution >= 4 is 23.7 Å². The van der Waals surface area contributed by atoms with Crippen LogP contribution in [0.2, 0.25) is 0 Å². The Morgan fingerprint density at radius 3 is 2.46 bits per heavy atom. The first kappa shape index (κ1) is 19.5. The molecule has 0 unspecified atom stereocenters. The van der Waals surface area contributed by atoms with E-state index in [0.717, 1.165) is 24.8 Å². The summed E-state index contributed by atoms with van der Waals surface area (Å²) in [6, 6.07) is 14.7. The molecule has 2 aromatic rings. The summed E-state index contributed by atoms with van der Waals surface area (Å²) in [6.07, 6.45) is 3.67. The standard InChI is InChI=1S/C23H23NO4/c1-15(22(26)20-12-11-18-9-6-10-19(18)14-20)28-23(27)21(24-16(2)25)13-17-7-4-3-5-8-17/h3-5,7-8,11-15H,6,9-10H2,1-2H3,(H,24,25)/b21-13-/t15-/m0/s1. The Bertz CT molecular complexity index is 931. The quantitative estimate of drug-likeness (QED) is 0.475. The zero-order valence-corrected chi connectivity index (χ0v) is 16.0. The summed E-state index contributed by atoms with van der Waals surface area (Å²) in [4.78, 5) is 36.7. The number of hydrogen-bond acceptors (Lipinski definition) is 4. The zero-order valence-electron chi connectivity index (χ0n) is 16.0. The normalized spacial score (nSPS) is 14.1. The summed E-state index contributed by atoms with van der Waals surface area (Å²) in [5.74, 6) is -1.40. The van der Waals surface area contributed by atoms with Crippen molar-refractivity contribution in [1.82, 2.24) is 5.32 Å². The number of benzene rings is 2. The van der Waals surface area contributed by atoms with Crippen molar-refractivity contribution in [1.29, 1.82) is 0 Å². The molecule has 0 aliphatic heterocycles. The van der Waals surface area contributed by atoms with Crippen molar-refractivity contribution in [2.45, 2.75) is 39.2 Å². The molecule has 0 radical (unpaired) electrons. The largest absolute Gasteiger partial charge is 0.450 e. The fourth-order valence-electron chi connectivity index (χ4n) is 3.29. The van der Waals surface area contributed by atoms with Gasteiger partial charge in [0.2, 0.25) is 11.7 Å². The number of aryl methyl sites for hydroxylation is 2. The molecule has 0 fully saturated rings. The van der Waals surface area contributed by atoms with Crippen LogP contribution in [0.5, 0.6) is 0 Å². The van der Waals surface area contributed by atoms with Crippen LogP contribution in [0.25, 0.3) is 6.08 Å². The summed E-state index contributed by atoms with van der Waals surface area (Å²) < 4.78 is 5.35. The monoisotopic (exact) mass is 377 g/mol. The molecule has 0 heterocycles. The Labute approximate surface area is 164 Å². The maximum absolute atomic E-state index is 12.7. The van der Waals surface area contributed by atoms with Gasteiger partial charge < -0.3 is 10.1 Å². The maximum Gasteiger partial charge on any atom is 0.355 e. The van der Waals surface area contributed by atoms with Crippen LogP contribution in [0.4, 0.5) is 0 Å². The number of ether oxygens (including phenoxy) is 1. The van der Waals surface area contributed by atoms with Crippen LogP contribution in [-0.2, 0) is 27.2 Å². The Kier molecular flexibility index (Phi) is 6.04. The number of nitrogens with one attached hydrogen (secondary N) is 1. The van der Waals surface area contributed by atoms with Crippen LogP contribution in [-0.4, -0.2) is 23.8 Å². The molecule has 0 spiro atoms. The lowest BCUT2D eigenvalue weighted by molar-refractivity contribution is -0.142. The van der Waals surface area contributed by atoms with Crippen molar-refractivity contribution in [2.75, 3.05) is 0 Å². The summed E-state index contributed by atoms with van der Waals surface area (Å²) in [7, 11) is 0. The average molecular weight is 377 g/mol. The van der Waals surface area contributed by atoms with Crippen molar-refractivity contribution < 1.29 is 19.1 Å². The predicted molar refractivity (Wildman–Crippen MR) is 107 cm³/mol. The number of amides is 1. The fourth-order valence-corrected chi connectivity index (χ4v) is 3.29. The van der Waals surface area contributed by atoms with Gasteiger partial charge in [-0.25, -0.2) is 4.79 Å². The van der Waals surface area contributed by atoms with E-state index in [1.54, 1.807) is 25.1 Å². The second-order valence-electron chi connectivity index (χ2n) is 6.90. The molecule has 144 valence electrons. The molecular weight excluding hydrogens is 354 g/mol. The van der Waals surface area contributed by atoms with Crippen LogP contribution >= 0.6 is 0 Å². The number of fused-ring (bicyclic) bond motifs is 1. The third-order valence-corrected chi connectivity index (χ3v) is 4.68. The minimum atomic E-state index is -0.958. The van der Waals surface area contributed by atoms with Crippen molar-refractivity contribution in [2.24, 2.45) is 0 Å². The Hall–Kier alpha value is -3.21. The molecule has 5 heteroatoms. The van der Waals surface area contributed by atoms with Gasteiger partial charge in [0.25, 0.3) is 0 Å². The van der Waals surface area contributed by atoms with E-state index in [0.29, 0.717) is 5.56 Å². The molecule has 1 N–H and O–H groups in total. The maximum atomic E-state index is 12.7. The lowest BCUT2D eigenvalue weighted by Gasteiger charge is -2.15. The van der Waals surface area contributed by atoms with Gasteiger partial charge in [-0.15, -0.1) is 0 Å². The molecule has 0 saturated carbocycles. The molecule has 1 aliphatic rings. The van der Waals surface area contributed by atoms with Crippen LogP contribution in [0, 0.1) is 0 Å². The number of rotatable bonds is 6. The minimum absolute atomic E-state index is 0.00713. The number of esters is 1. The number of ketones is 1. The second-order valence-corrected chi connectivity index (χ2v) is 6.90. The lowest BCUT2D eigenvalue weighted by atomic mass is 10.0. The molecule has 0 aromatic heterocycles. The van der Waals surface area contributed by atoms with Crippen LogP contribution in [0.1, 0.15) is 47.3 Å². The highest BCUT2D eigenvalue weighted by Crippen LogP contribution is 2.23. The fraction of sp³-hybridized carbons (Fsp3) is 0.261. The Balaban J connectivity index is 1.74. The van der Waals surface area contributed by atoms with Gasteiger partial charge in [0.1, 0.15) is 5.70 Å². The van der Waals surface area contributed by atoms with Crippen molar-refractivity contribution in [3.63, 3.8) is 0 Å². The summed E-state index contributed by atoms with van der Waals surface area (Å²) >= 11 is 0. The van der Waals surface area contributed by atoms with Gasteiger partial charge in [-0.2, -0.15) is 0 Å².